The van der Waals surface area contributed by atoms with E-state index in [1.54, 1.807) is 18.4 Å². The van der Waals surface area contributed by atoms with E-state index in [1.165, 1.54) is 6.07 Å². The largest absolute Gasteiger partial charge is 0.379 e. The van der Waals surface area contributed by atoms with Gasteiger partial charge in [0.05, 0.1) is 4.92 Å². The summed E-state index contributed by atoms with van der Waals surface area (Å²) in [6, 6.07) is 4.47. The molecule has 0 aliphatic heterocycles. The molecule has 21 heavy (non-hydrogen) atoms. The fourth-order valence-corrected chi connectivity index (χ4v) is 2.02. The molecular weight excluding hydrogens is 312 g/mol. The molecule has 1 aromatic carbocycles. The summed E-state index contributed by atoms with van der Waals surface area (Å²) in [4.78, 5) is 10.3. The zero-order valence-electron chi connectivity index (χ0n) is 13.3. The summed E-state index contributed by atoms with van der Waals surface area (Å²) in [7, 11) is -0.836. The van der Waals surface area contributed by atoms with Gasteiger partial charge in [0.25, 0.3) is 5.69 Å². The van der Waals surface area contributed by atoms with Gasteiger partial charge in [-0.15, -0.1) is 0 Å². The van der Waals surface area contributed by atoms with Crippen LogP contribution in [0.5, 0.6) is 0 Å². The Morgan fingerprint density at radius 3 is 2.33 bits per heavy atom. The lowest BCUT2D eigenvalue weighted by Crippen LogP contribution is -2.07. The highest BCUT2D eigenvalue weighted by Gasteiger charge is 2.13. The molecule has 0 aliphatic carbocycles. The van der Waals surface area contributed by atoms with Crippen molar-refractivity contribution in [2.45, 2.75) is 34.1 Å². The molecule has 0 bridgehead atoms. The quantitative estimate of drug-likeness (QED) is 0.472. The monoisotopic (exact) mass is 336 g/mol. The van der Waals surface area contributed by atoms with Crippen LogP contribution in [0.4, 0.5) is 11.4 Å². The molecule has 0 heterocycles. The molecule has 0 amide bonds. The Labute approximate surface area is 134 Å². The Balaban J connectivity index is 0. The number of benzene rings is 1. The standard InChI is InChI=1S/C10H13ClN2O3S.2C2H6/c1-17(16)6-2-5-12-9-4-3-8(11)7-10(9)13(14)15;2*1-2/h3-4,7,12H,2,5-6H2,1H3;2*1-2H3. The molecule has 0 spiro atoms. The molecule has 1 rings (SSSR count). The summed E-state index contributed by atoms with van der Waals surface area (Å²) in [6.07, 6.45) is 2.33. The summed E-state index contributed by atoms with van der Waals surface area (Å²) in [5.74, 6) is 0.578. The molecule has 7 heteroatoms. The SMILES string of the molecule is CC.CC.CS(=O)CCCNc1ccc(Cl)cc1[N+](=O)[O-]. The van der Waals surface area contributed by atoms with Crippen molar-refractivity contribution in [3.63, 3.8) is 0 Å². The highest BCUT2D eigenvalue weighted by atomic mass is 35.5. The van der Waals surface area contributed by atoms with E-state index in [4.69, 9.17) is 11.6 Å². The zero-order chi connectivity index (χ0) is 16.8. The van der Waals surface area contributed by atoms with Crippen molar-refractivity contribution in [2.24, 2.45) is 0 Å². The minimum atomic E-state index is -0.836. The Morgan fingerprint density at radius 1 is 1.29 bits per heavy atom. The maximum Gasteiger partial charge on any atom is 0.293 e. The lowest BCUT2D eigenvalue weighted by atomic mass is 10.2. The third kappa shape index (κ3) is 10.3. The Hall–Kier alpha value is -1.14. The Kier molecular flexibility index (Phi) is 14.6. The van der Waals surface area contributed by atoms with Gasteiger partial charge in [-0.1, -0.05) is 39.3 Å². The van der Waals surface area contributed by atoms with E-state index in [0.717, 1.165) is 0 Å². The summed E-state index contributed by atoms with van der Waals surface area (Å²) >= 11 is 5.69. The van der Waals surface area contributed by atoms with E-state index in [-0.39, 0.29) is 5.69 Å². The lowest BCUT2D eigenvalue weighted by Gasteiger charge is -2.06. The number of halogens is 1. The van der Waals surface area contributed by atoms with Crippen LogP contribution in [0.3, 0.4) is 0 Å². The van der Waals surface area contributed by atoms with Crippen molar-refractivity contribution >= 4 is 33.8 Å². The first kappa shape index (κ1) is 22.1. The van der Waals surface area contributed by atoms with Crippen molar-refractivity contribution in [2.75, 3.05) is 23.9 Å². The normalized spacial score (nSPS) is 10.4. The lowest BCUT2D eigenvalue weighted by molar-refractivity contribution is -0.383. The van der Waals surface area contributed by atoms with Gasteiger partial charge in [0.1, 0.15) is 5.69 Å². The van der Waals surface area contributed by atoms with Crippen LogP contribution >= 0.6 is 11.6 Å². The van der Waals surface area contributed by atoms with Crippen LogP contribution in [-0.4, -0.2) is 27.7 Å². The van der Waals surface area contributed by atoms with E-state index in [2.05, 4.69) is 5.32 Å². The molecule has 1 N–H and O–H groups in total. The second-order valence-corrected chi connectivity index (χ2v) is 5.47. The summed E-state index contributed by atoms with van der Waals surface area (Å²) in [5, 5.41) is 14.0. The Bertz CT molecular complexity index is 442. The first-order chi connectivity index (χ1) is 10.0. The van der Waals surface area contributed by atoms with Crippen LogP contribution in [-0.2, 0) is 10.8 Å². The third-order valence-electron chi connectivity index (χ3n) is 2.08. The van der Waals surface area contributed by atoms with Gasteiger partial charge in [-0.05, 0) is 18.6 Å². The van der Waals surface area contributed by atoms with Crippen LogP contribution in [0.2, 0.25) is 5.02 Å². The highest BCUT2D eigenvalue weighted by Crippen LogP contribution is 2.27. The summed E-state index contributed by atoms with van der Waals surface area (Å²) < 4.78 is 10.8. The topological polar surface area (TPSA) is 72.2 Å². The van der Waals surface area contributed by atoms with Gasteiger partial charge >= 0.3 is 0 Å². The smallest absolute Gasteiger partial charge is 0.293 e. The van der Waals surface area contributed by atoms with Gasteiger partial charge in [-0.3, -0.25) is 14.3 Å². The van der Waals surface area contributed by atoms with Crippen LogP contribution in [0.15, 0.2) is 18.2 Å². The molecule has 0 fully saturated rings. The maximum absolute atomic E-state index is 10.8. The second kappa shape index (κ2) is 13.8. The number of nitrogens with zero attached hydrogens (tertiary/aromatic N) is 1. The van der Waals surface area contributed by atoms with E-state index in [0.29, 0.717) is 29.4 Å². The van der Waals surface area contributed by atoms with Crippen molar-refractivity contribution in [1.29, 1.82) is 0 Å². The van der Waals surface area contributed by atoms with Gasteiger partial charge in [0.15, 0.2) is 0 Å². The maximum atomic E-state index is 10.8. The molecule has 0 aromatic heterocycles. The van der Waals surface area contributed by atoms with Crippen LogP contribution < -0.4 is 5.32 Å². The first-order valence-electron chi connectivity index (χ1n) is 6.98. The predicted octanol–water partition coefficient (Wildman–Crippen LogP) is 4.48. The molecule has 1 atom stereocenters. The van der Waals surface area contributed by atoms with Crippen LogP contribution in [0.1, 0.15) is 34.1 Å². The van der Waals surface area contributed by atoms with E-state index in [9.17, 15) is 14.3 Å². The molecule has 0 radical (unpaired) electrons. The fourth-order valence-electron chi connectivity index (χ4n) is 1.30. The van der Waals surface area contributed by atoms with Gasteiger partial charge in [0.2, 0.25) is 0 Å². The summed E-state index contributed by atoms with van der Waals surface area (Å²) in [6.45, 7) is 8.54. The molecule has 5 nitrogen and oxygen atoms in total. The Morgan fingerprint density at radius 2 is 1.86 bits per heavy atom. The highest BCUT2D eigenvalue weighted by molar-refractivity contribution is 7.84. The number of anilines is 1. The number of nitrogens with one attached hydrogen (secondary N) is 1. The fraction of sp³-hybridized carbons (Fsp3) is 0.571. The average Bonchev–Trinajstić information content (AvgIpc) is 2.48. The van der Waals surface area contributed by atoms with Crippen molar-refractivity contribution in [3.8, 4) is 0 Å². The number of nitro groups is 1. The number of rotatable bonds is 6. The number of hydrogen-bond acceptors (Lipinski definition) is 4. The minimum absolute atomic E-state index is 0.0462. The second-order valence-electron chi connectivity index (χ2n) is 3.48. The van der Waals surface area contributed by atoms with Gasteiger partial charge in [-0.2, -0.15) is 0 Å². The molecule has 1 aromatic rings. The van der Waals surface area contributed by atoms with E-state index in [1.807, 2.05) is 27.7 Å². The van der Waals surface area contributed by atoms with Crippen LogP contribution in [0, 0.1) is 10.1 Å². The summed E-state index contributed by atoms with van der Waals surface area (Å²) in [5.41, 5.74) is 0.386. The van der Waals surface area contributed by atoms with Crippen molar-refractivity contribution in [3.05, 3.63) is 33.3 Å². The molecule has 0 saturated heterocycles. The number of hydrogen-bond donors (Lipinski definition) is 1. The van der Waals surface area contributed by atoms with Gasteiger partial charge in [0, 0.05) is 40.4 Å². The number of nitro benzene ring substituents is 1. The predicted molar refractivity (Wildman–Crippen MR) is 92.8 cm³/mol. The molecule has 122 valence electrons. The molecular formula is C14H25ClN2O3S. The molecule has 0 aliphatic rings. The first-order valence-corrected chi connectivity index (χ1v) is 9.09. The van der Waals surface area contributed by atoms with E-state index < -0.39 is 15.7 Å². The third-order valence-corrected chi connectivity index (χ3v) is 3.18. The zero-order valence-corrected chi connectivity index (χ0v) is 14.9. The molecule has 0 saturated carbocycles. The van der Waals surface area contributed by atoms with Crippen molar-refractivity contribution in [1.82, 2.24) is 0 Å². The minimum Gasteiger partial charge on any atom is -0.379 e. The molecule has 1 unspecified atom stereocenters. The van der Waals surface area contributed by atoms with E-state index >= 15 is 0 Å². The van der Waals surface area contributed by atoms with Gasteiger partial charge < -0.3 is 5.32 Å². The van der Waals surface area contributed by atoms with Crippen molar-refractivity contribution < 1.29 is 9.13 Å². The van der Waals surface area contributed by atoms with Gasteiger partial charge in [-0.25, -0.2) is 0 Å². The van der Waals surface area contributed by atoms with Crippen LogP contribution in [0.25, 0.3) is 0 Å². The average molecular weight is 337 g/mol.